The first-order chi connectivity index (χ1) is 11.0. The smallest absolute Gasteiger partial charge is 0.245 e. The molecule has 5 nitrogen and oxygen atoms in total. The highest BCUT2D eigenvalue weighted by Crippen LogP contribution is 2.32. The van der Waals surface area contributed by atoms with Crippen molar-refractivity contribution in [3.8, 4) is 0 Å². The van der Waals surface area contributed by atoms with Crippen LogP contribution in [0.5, 0.6) is 0 Å². The lowest BCUT2D eigenvalue weighted by molar-refractivity contribution is -0.683. The number of amides is 1. The minimum absolute atomic E-state index is 0.0543. The third-order valence-electron chi connectivity index (χ3n) is 4.17. The molecule has 0 fully saturated rings. The van der Waals surface area contributed by atoms with Crippen LogP contribution in [0.25, 0.3) is 0 Å². The Morgan fingerprint density at radius 3 is 2.61 bits per heavy atom. The van der Waals surface area contributed by atoms with E-state index in [4.69, 9.17) is 0 Å². The van der Waals surface area contributed by atoms with E-state index in [1.165, 1.54) is 16.5 Å². The molecule has 0 bridgehead atoms. The second-order valence-electron chi connectivity index (χ2n) is 6.22. The average Bonchev–Trinajstić information content (AvgIpc) is 3.17. The molecule has 0 spiro atoms. The lowest BCUT2D eigenvalue weighted by Crippen LogP contribution is -2.48. The number of imidazole rings is 1. The zero-order valence-electron chi connectivity index (χ0n) is 13.7. The van der Waals surface area contributed by atoms with E-state index in [2.05, 4.69) is 36.0 Å². The van der Waals surface area contributed by atoms with E-state index in [0.29, 0.717) is 6.42 Å². The van der Waals surface area contributed by atoms with Gasteiger partial charge in [-0.05, 0) is 5.56 Å². The molecule has 2 heterocycles. The highest BCUT2D eigenvalue weighted by molar-refractivity contribution is 5.80. The van der Waals surface area contributed by atoms with Crippen LogP contribution in [0.1, 0.15) is 19.4 Å². The standard InChI is InChI=1S/C18H21N4O/c1-14(2)17-16(11-15-7-5-4-6-8-15)22(3,13-20-17)18(23)21-10-9-19-12-21/h4-10,12-14H,11H2,1-3H3/q+1. The summed E-state index contributed by atoms with van der Waals surface area (Å²) < 4.78 is 1.57. The van der Waals surface area contributed by atoms with Crippen molar-refractivity contribution in [2.45, 2.75) is 20.3 Å². The lowest BCUT2D eigenvalue weighted by Gasteiger charge is -2.25. The molecule has 1 aliphatic heterocycles. The van der Waals surface area contributed by atoms with Gasteiger partial charge in [-0.25, -0.2) is 19.3 Å². The first kappa shape index (κ1) is 15.4. The number of carbonyl (C=O) groups excluding carboxylic acids is 1. The number of aromatic nitrogens is 2. The molecule has 0 N–H and O–H groups in total. The molecule has 5 heteroatoms. The van der Waals surface area contributed by atoms with Gasteiger partial charge in [-0.1, -0.05) is 44.2 Å². The zero-order valence-corrected chi connectivity index (χ0v) is 13.7. The first-order valence-electron chi connectivity index (χ1n) is 7.74. The number of hydrogen-bond donors (Lipinski definition) is 0. The van der Waals surface area contributed by atoms with Gasteiger partial charge in [0.05, 0.1) is 13.5 Å². The number of nitrogens with zero attached hydrogens (tertiary/aromatic N) is 4. The van der Waals surface area contributed by atoms with E-state index < -0.39 is 0 Å². The molecule has 1 unspecified atom stereocenters. The molecule has 1 atom stereocenters. The Bertz CT molecular complexity index is 760. The summed E-state index contributed by atoms with van der Waals surface area (Å²) >= 11 is 0. The number of hydrogen-bond acceptors (Lipinski definition) is 3. The summed E-state index contributed by atoms with van der Waals surface area (Å²) in [6, 6.07) is 10.1. The highest BCUT2D eigenvalue weighted by Gasteiger charge is 2.43. The Kier molecular flexibility index (Phi) is 3.96. The van der Waals surface area contributed by atoms with Crippen LogP contribution in [0.15, 0.2) is 65.4 Å². The molecule has 23 heavy (non-hydrogen) atoms. The minimum atomic E-state index is -0.0761. The van der Waals surface area contributed by atoms with Crippen LogP contribution in [0.4, 0.5) is 4.79 Å². The summed E-state index contributed by atoms with van der Waals surface area (Å²) in [5, 5.41) is 0. The van der Waals surface area contributed by atoms with Crippen molar-refractivity contribution in [2.75, 3.05) is 7.05 Å². The predicted molar refractivity (Wildman–Crippen MR) is 89.7 cm³/mol. The molecule has 0 aliphatic carbocycles. The highest BCUT2D eigenvalue weighted by atomic mass is 16.2. The molecule has 0 saturated carbocycles. The Morgan fingerprint density at radius 1 is 1.26 bits per heavy atom. The number of rotatable bonds is 3. The normalized spacial score (nSPS) is 20.5. The van der Waals surface area contributed by atoms with Gasteiger partial charge in [0.1, 0.15) is 12.0 Å². The van der Waals surface area contributed by atoms with Gasteiger partial charge in [0, 0.05) is 18.3 Å². The maximum Gasteiger partial charge on any atom is 0.439 e. The largest absolute Gasteiger partial charge is 0.439 e. The number of likely N-dealkylation sites (N-methyl/N-ethyl adjacent to an activating group) is 1. The maximum atomic E-state index is 13.0. The third kappa shape index (κ3) is 2.75. The van der Waals surface area contributed by atoms with Gasteiger partial charge in [-0.15, -0.1) is 0 Å². The Balaban J connectivity index is 2.02. The second kappa shape index (κ2) is 5.93. The molecule has 1 aromatic carbocycles. The summed E-state index contributed by atoms with van der Waals surface area (Å²) in [6.07, 6.45) is 7.25. The summed E-state index contributed by atoms with van der Waals surface area (Å²) in [5.41, 5.74) is 3.18. The van der Waals surface area contributed by atoms with Gasteiger partial charge in [-0.3, -0.25) is 0 Å². The summed E-state index contributed by atoms with van der Waals surface area (Å²) in [4.78, 5) is 21.5. The van der Waals surface area contributed by atoms with Crippen molar-refractivity contribution >= 4 is 12.4 Å². The van der Waals surface area contributed by atoms with Crippen LogP contribution in [-0.4, -0.2) is 33.5 Å². The van der Waals surface area contributed by atoms with E-state index in [-0.39, 0.29) is 16.4 Å². The molecule has 118 valence electrons. The van der Waals surface area contributed by atoms with Crippen LogP contribution in [0.3, 0.4) is 0 Å². The SMILES string of the molecule is CC(C)C1=C(Cc2ccccc2)[N+](C)(C(=O)n2ccnc2)C=N1. The molecular weight excluding hydrogens is 288 g/mol. The number of allylic oxidation sites excluding steroid dienone is 2. The van der Waals surface area contributed by atoms with Gasteiger partial charge in [0.15, 0.2) is 5.70 Å². The van der Waals surface area contributed by atoms with E-state index in [1.54, 1.807) is 18.7 Å². The molecule has 1 amide bonds. The number of quaternary nitrogens is 1. The van der Waals surface area contributed by atoms with Crippen molar-refractivity contribution in [3.05, 3.63) is 66.0 Å². The predicted octanol–water partition coefficient (Wildman–Crippen LogP) is 3.45. The molecule has 0 radical (unpaired) electrons. The monoisotopic (exact) mass is 309 g/mol. The van der Waals surface area contributed by atoms with Crippen molar-refractivity contribution in [2.24, 2.45) is 10.9 Å². The summed E-state index contributed by atoms with van der Waals surface area (Å²) in [5.74, 6) is 0.264. The molecule has 1 aromatic heterocycles. The van der Waals surface area contributed by atoms with Crippen LogP contribution in [0.2, 0.25) is 0 Å². The molecule has 3 rings (SSSR count). The molecular formula is C18H21N4O+. The molecule has 2 aromatic rings. The van der Waals surface area contributed by atoms with E-state index >= 15 is 0 Å². The topological polar surface area (TPSA) is 47.2 Å². The molecule has 1 aliphatic rings. The van der Waals surface area contributed by atoms with Gasteiger partial charge in [0.2, 0.25) is 6.34 Å². The van der Waals surface area contributed by atoms with Crippen molar-refractivity contribution in [1.29, 1.82) is 0 Å². The summed E-state index contributed by atoms with van der Waals surface area (Å²) in [6.45, 7) is 4.21. The number of carbonyl (C=O) groups is 1. The number of benzene rings is 1. The minimum Gasteiger partial charge on any atom is -0.245 e. The van der Waals surface area contributed by atoms with Crippen LogP contribution in [0, 0.1) is 5.92 Å². The zero-order chi connectivity index (χ0) is 16.4. The maximum absolute atomic E-state index is 13.0. The van der Waals surface area contributed by atoms with E-state index in [0.717, 1.165) is 11.4 Å². The van der Waals surface area contributed by atoms with Crippen molar-refractivity contribution in [3.63, 3.8) is 0 Å². The fourth-order valence-corrected chi connectivity index (χ4v) is 2.86. The Hall–Kier alpha value is -2.53. The summed E-state index contributed by atoms with van der Waals surface area (Å²) in [7, 11) is 1.89. The van der Waals surface area contributed by atoms with Gasteiger partial charge >= 0.3 is 6.03 Å². The van der Waals surface area contributed by atoms with Crippen LogP contribution >= 0.6 is 0 Å². The van der Waals surface area contributed by atoms with Crippen LogP contribution < -0.4 is 0 Å². The van der Waals surface area contributed by atoms with Gasteiger partial charge in [0.25, 0.3) is 0 Å². The third-order valence-corrected chi connectivity index (χ3v) is 4.17. The Labute approximate surface area is 136 Å². The number of aliphatic imine (C=N–C) groups is 1. The van der Waals surface area contributed by atoms with Gasteiger partial charge < -0.3 is 0 Å². The van der Waals surface area contributed by atoms with Crippen molar-refractivity contribution in [1.82, 2.24) is 9.55 Å². The lowest BCUT2D eigenvalue weighted by atomic mass is 10.0. The fourth-order valence-electron chi connectivity index (χ4n) is 2.86. The quantitative estimate of drug-likeness (QED) is 0.815. The van der Waals surface area contributed by atoms with E-state index in [1.807, 2.05) is 25.2 Å². The molecule has 0 saturated heterocycles. The Morgan fingerprint density at radius 2 is 2.00 bits per heavy atom. The van der Waals surface area contributed by atoms with E-state index in [9.17, 15) is 4.79 Å². The average molecular weight is 309 g/mol. The van der Waals surface area contributed by atoms with Crippen molar-refractivity contribution < 1.29 is 9.28 Å². The van der Waals surface area contributed by atoms with Gasteiger partial charge in [-0.2, -0.15) is 4.48 Å². The fraction of sp³-hybridized carbons (Fsp3) is 0.278. The first-order valence-corrected chi connectivity index (χ1v) is 7.74. The van der Waals surface area contributed by atoms with Crippen LogP contribution in [-0.2, 0) is 6.42 Å². The second-order valence-corrected chi connectivity index (χ2v) is 6.22.